The molecule has 0 aliphatic heterocycles. The molecule has 166 valence electrons. The number of carbonyl (C=O) groups is 1. The van der Waals surface area contributed by atoms with Gasteiger partial charge in [0.25, 0.3) is 0 Å². The standard InChI is InChI=1S/C23H24ClF3N2O2/c1-4-29(5-2)14-15-31-20-11-9-19(10-12-20)28(3)22(30)13-7-17-6-8-18(16-21(17)24)23(25,26)27/h6,8-12,16H,4-5,14-15H2,1-3H3. The number of nitrogens with zero attached hydrogens (tertiary/aromatic N) is 2. The van der Waals surface area contributed by atoms with Crippen molar-refractivity contribution in [2.24, 2.45) is 0 Å². The van der Waals surface area contributed by atoms with Crippen LogP contribution >= 0.6 is 11.6 Å². The molecule has 0 aliphatic carbocycles. The molecule has 0 saturated carbocycles. The molecule has 0 bridgehead atoms. The summed E-state index contributed by atoms with van der Waals surface area (Å²) in [4.78, 5) is 15.9. The fourth-order valence-corrected chi connectivity index (χ4v) is 2.94. The van der Waals surface area contributed by atoms with Crippen LogP contribution in [-0.4, -0.2) is 44.1 Å². The number of alkyl halides is 3. The lowest BCUT2D eigenvalue weighted by molar-refractivity contribution is -0.137. The van der Waals surface area contributed by atoms with Crippen LogP contribution in [0.1, 0.15) is 25.0 Å². The minimum atomic E-state index is -4.49. The van der Waals surface area contributed by atoms with E-state index in [9.17, 15) is 18.0 Å². The Bertz CT molecular complexity index is 946. The molecule has 4 nitrogen and oxygen atoms in total. The number of ether oxygens (including phenoxy) is 1. The summed E-state index contributed by atoms with van der Waals surface area (Å²) in [5.41, 5.74) is -0.117. The summed E-state index contributed by atoms with van der Waals surface area (Å²) in [6, 6.07) is 9.81. The van der Waals surface area contributed by atoms with E-state index in [1.807, 2.05) is 0 Å². The van der Waals surface area contributed by atoms with E-state index in [1.54, 1.807) is 31.3 Å². The lowest BCUT2D eigenvalue weighted by Gasteiger charge is -2.18. The van der Waals surface area contributed by atoms with Crippen LogP contribution in [0, 0.1) is 11.8 Å². The van der Waals surface area contributed by atoms with Gasteiger partial charge in [0.05, 0.1) is 10.6 Å². The number of hydrogen-bond donors (Lipinski definition) is 0. The zero-order chi connectivity index (χ0) is 23.0. The molecule has 0 fully saturated rings. The van der Waals surface area contributed by atoms with Gasteiger partial charge in [-0.25, -0.2) is 0 Å². The van der Waals surface area contributed by atoms with E-state index < -0.39 is 17.6 Å². The molecule has 0 saturated heterocycles. The average molecular weight is 453 g/mol. The van der Waals surface area contributed by atoms with Crippen molar-refractivity contribution in [3.8, 4) is 17.6 Å². The maximum absolute atomic E-state index is 12.7. The molecule has 2 aromatic rings. The predicted molar refractivity (Wildman–Crippen MR) is 116 cm³/mol. The van der Waals surface area contributed by atoms with E-state index >= 15 is 0 Å². The maximum Gasteiger partial charge on any atom is 0.416 e. The van der Waals surface area contributed by atoms with Gasteiger partial charge in [0, 0.05) is 30.8 Å². The van der Waals surface area contributed by atoms with Gasteiger partial charge in [0.15, 0.2) is 0 Å². The first-order valence-corrected chi connectivity index (χ1v) is 10.1. The van der Waals surface area contributed by atoms with Crippen molar-refractivity contribution in [1.82, 2.24) is 4.90 Å². The first-order valence-electron chi connectivity index (χ1n) is 9.77. The molecule has 0 spiro atoms. The van der Waals surface area contributed by atoms with Crippen LogP contribution < -0.4 is 9.64 Å². The fourth-order valence-electron chi connectivity index (χ4n) is 2.71. The molecule has 0 heterocycles. The Morgan fingerprint density at radius 3 is 2.29 bits per heavy atom. The first-order chi connectivity index (χ1) is 14.7. The van der Waals surface area contributed by atoms with Crippen LogP contribution in [0.2, 0.25) is 5.02 Å². The third kappa shape index (κ3) is 7.20. The Kier molecular flexibility index (Phi) is 8.78. The highest BCUT2D eigenvalue weighted by Crippen LogP contribution is 2.31. The third-order valence-electron chi connectivity index (χ3n) is 4.70. The van der Waals surface area contributed by atoms with E-state index in [2.05, 4.69) is 30.6 Å². The number of hydrogen-bond acceptors (Lipinski definition) is 3. The van der Waals surface area contributed by atoms with Gasteiger partial charge in [-0.3, -0.25) is 4.79 Å². The maximum atomic E-state index is 12.7. The zero-order valence-electron chi connectivity index (χ0n) is 17.6. The van der Waals surface area contributed by atoms with Crippen molar-refractivity contribution in [3.05, 3.63) is 58.6 Å². The lowest BCUT2D eigenvalue weighted by Crippen LogP contribution is -2.27. The summed E-state index contributed by atoms with van der Waals surface area (Å²) >= 11 is 5.87. The largest absolute Gasteiger partial charge is 0.492 e. The van der Waals surface area contributed by atoms with Crippen LogP contribution in [0.25, 0.3) is 0 Å². The van der Waals surface area contributed by atoms with E-state index in [-0.39, 0.29) is 10.6 Å². The molecular weight excluding hydrogens is 429 g/mol. The highest BCUT2D eigenvalue weighted by Gasteiger charge is 2.30. The van der Waals surface area contributed by atoms with Crippen LogP contribution in [0.4, 0.5) is 18.9 Å². The monoisotopic (exact) mass is 452 g/mol. The van der Waals surface area contributed by atoms with Crippen LogP contribution in [0.5, 0.6) is 5.75 Å². The number of benzene rings is 2. The van der Waals surface area contributed by atoms with Crippen molar-refractivity contribution in [3.63, 3.8) is 0 Å². The number of halogens is 4. The molecule has 0 aliphatic rings. The molecular formula is C23H24ClF3N2O2. The summed E-state index contributed by atoms with van der Waals surface area (Å²) in [7, 11) is 1.56. The van der Waals surface area contributed by atoms with Crippen LogP contribution in [0.3, 0.4) is 0 Å². The van der Waals surface area contributed by atoms with Crippen LogP contribution in [0.15, 0.2) is 42.5 Å². The second kappa shape index (κ2) is 11.1. The van der Waals surface area contributed by atoms with Gasteiger partial charge < -0.3 is 14.5 Å². The number of rotatable bonds is 7. The first kappa shape index (κ1) is 24.6. The van der Waals surface area contributed by atoms with Gasteiger partial charge in [-0.05, 0) is 55.6 Å². The molecule has 8 heteroatoms. The number of carbonyl (C=O) groups excluding carboxylic acids is 1. The molecule has 0 unspecified atom stereocenters. The fraction of sp³-hybridized carbons (Fsp3) is 0.348. The van der Waals surface area contributed by atoms with Crippen molar-refractivity contribution in [2.75, 3.05) is 38.2 Å². The normalized spacial score (nSPS) is 11.1. The zero-order valence-corrected chi connectivity index (χ0v) is 18.3. The Morgan fingerprint density at radius 1 is 1.10 bits per heavy atom. The minimum absolute atomic E-state index is 0.147. The van der Waals surface area contributed by atoms with Gasteiger partial charge in [-0.1, -0.05) is 31.4 Å². The second-order valence-electron chi connectivity index (χ2n) is 6.68. The predicted octanol–water partition coefficient (Wildman–Crippen LogP) is 5.09. The van der Waals surface area contributed by atoms with Gasteiger partial charge in [-0.2, -0.15) is 13.2 Å². The summed E-state index contributed by atoms with van der Waals surface area (Å²) in [6.07, 6.45) is -4.49. The summed E-state index contributed by atoms with van der Waals surface area (Å²) in [5.74, 6) is 5.11. The molecule has 0 radical (unpaired) electrons. The average Bonchev–Trinajstić information content (AvgIpc) is 2.75. The number of amides is 1. The lowest BCUT2D eigenvalue weighted by atomic mass is 10.1. The van der Waals surface area contributed by atoms with E-state index in [4.69, 9.17) is 16.3 Å². The second-order valence-corrected chi connectivity index (χ2v) is 7.08. The smallest absolute Gasteiger partial charge is 0.416 e. The van der Waals surface area contributed by atoms with Gasteiger partial charge in [0.2, 0.25) is 0 Å². The Labute approximate surface area is 185 Å². The molecule has 0 N–H and O–H groups in total. The van der Waals surface area contributed by atoms with E-state index in [0.717, 1.165) is 37.8 Å². The molecule has 0 aromatic heterocycles. The molecule has 2 rings (SSSR count). The van der Waals surface area contributed by atoms with Crippen molar-refractivity contribution in [1.29, 1.82) is 0 Å². The topological polar surface area (TPSA) is 32.8 Å². The number of anilines is 1. The van der Waals surface area contributed by atoms with Gasteiger partial charge in [-0.15, -0.1) is 0 Å². The third-order valence-corrected chi connectivity index (χ3v) is 5.01. The van der Waals surface area contributed by atoms with Gasteiger partial charge in [0.1, 0.15) is 12.4 Å². The summed E-state index contributed by atoms with van der Waals surface area (Å²) in [5, 5.41) is -0.163. The van der Waals surface area contributed by atoms with E-state index in [1.165, 1.54) is 4.90 Å². The molecule has 1 amide bonds. The van der Waals surface area contributed by atoms with Crippen molar-refractivity contribution in [2.45, 2.75) is 20.0 Å². The molecule has 2 aromatic carbocycles. The molecule has 0 atom stereocenters. The highest BCUT2D eigenvalue weighted by atomic mass is 35.5. The summed E-state index contributed by atoms with van der Waals surface area (Å²) < 4.78 is 43.8. The highest BCUT2D eigenvalue weighted by molar-refractivity contribution is 6.31. The number of likely N-dealkylation sites (N-methyl/N-ethyl adjacent to an activating group) is 1. The minimum Gasteiger partial charge on any atom is -0.492 e. The quantitative estimate of drug-likeness (QED) is 0.548. The van der Waals surface area contributed by atoms with Gasteiger partial charge >= 0.3 is 12.1 Å². The van der Waals surface area contributed by atoms with Crippen LogP contribution in [-0.2, 0) is 11.0 Å². The SMILES string of the molecule is CCN(CC)CCOc1ccc(N(C)C(=O)C#Cc2ccc(C(F)(F)F)cc2Cl)cc1. The Balaban J connectivity index is 2.00. The Morgan fingerprint density at radius 2 is 1.74 bits per heavy atom. The Hall–Kier alpha value is -2.69. The molecule has 31 heavy (non-hydrogen) atoms. The van der Waals surface area contributed by atoms with Crippen molar-refractivity contribution < 1.29 is 22.7 Å². The van der Waals surface area contributed by atoms with E-state index in [0.29, 0.717) is 18.0 Å². The summed E-state index contributed by atoms with van der Waals surface area (Å²) in [6.45, 7) is 7.51. The van der Waals surface area contributed by atoms with Crippen molar-refractivity contribution >= 4 is 23.2 Å².